The van der Waals surface area contributed by atoms with Crippen molar-refractivity contribution in [3.8, 4) is 17.6 Å². The Bertz CT molecular complexity index is 1330. The fourth-order valence-electron chi connectivity index (χ4n) is 3.34. The SMILES string of the molecule is C=CCc1cc(/C=C(/C#N)C(=O)Nc2cccc(Cl)c2Cl)cc(OCC)c1OCc1ccc(Cl)cc1. The maximum atomic E-state index is 12.8. The number of nitrogens with zero attached hydrogens (tertiary/aromatic N) is 1. The van der Waals surface area contributed by atoms with Gasteiger partial charge in [0.1, 0.15) is 18.2 Å². The number of allylic oxidation sites excluding steroid dienone is 1. The molecule has 0 heterocycles. The van der Waals surface area contributed by atoms with Crippen molar-refractivity contribution in [3.05, 3.63) is 105 Å². The van der Waals surface area contributed by atoms with Gasteiger partial charge >= 0.3 is 0 Å². The molecule has 3 rings (SSSR count). The zero-order valence-corrected chi connectivity index (χ0v) is 21.8. The van der Waals surface area contributed by atoms with Crippen LogP contribution in [0.25, 0.3) is 6.08 Å². The largest absolute Gasteiger partial charge is 0.490 e. The summed E-state index contributed by atoms with van der Waals surface area (Å²) in [5.41, 5.74) is 2.53. The van der Waals surface area contributed by atoms with E-state index < -0.39 is 5.91 Å². The van der Waals surface area contributed by atoms with Gasteiger partial charge < -0.3 is 14.8 Å². The molecule has 1 N–H and O–H groups in total. The van der Waals surface area contributed by atoms with Gasteiger partial charge in [0.2, 0.25) is 0 Å². The Morgan fingerprint density at radius 3 is 2.53 bits per heavy atom. The van der Waals surface area contributed by atoms with Gasteiger partial charge in [-0.15, -0.1) is 6.58 Å². The van der Waals surface area contributed by atoms with Gasteiger partial charge in [0.15, 0.2) is 11.5 Å². The molecule has 0 spiro atoms. The number of rotatable bonds is 10. The summed E-state index contributed by atoms with van der Waals surface area (Å²) in [6, 6.07) is 17.7. The monoisotopic (exact) mass is 540 g/mol. The molecule has 0 unspecified atom stereocenters. The van der Waals surface area contributed by atoms with E-state index in [1.165, 1.54) is 6.08 Å². The number of halogens is 3. The predicted molar refractivity (Wildman–Crippen MR) is 146 cm³/mol. The third-order valence-electron chi connectivity index (χ3n) is 4.99. The second-order valence-electron chi connectivity index (χ2n) is 7.57. The summed E-state index contributed by atoms with van der Waals surface area (Å²) in [5.74, 6) is 0.443. The summed E-state index contributed by atoms with van der Waals surface area (Å²) >= 11 is 18.2. The minimum Gasteiger partial charge on any atom is -0.490 e. The van der Waals surface area contributed by atoms with Crippen LogP contribution < -0.4 is 14.8 Å². The molecule has 0 bridgehead atoms. The molecule has 0 saturated heterocycles. The van der Waals surface area contributed by atoms with Crippen molar-refractivity contribution in [3.63, 3.8) is 0 Å². The van der Waals surface area contributed by atoms with Crippen molar-refractivity contribution >= 4 is 52.5 Å². The smallest absolute Gasteiger partial charge is 0.266 e. The van der Waals surface area contributed by atoms with Crippen molar-refractivity contribution in [2.45, 2.75) is 20.0 Å². The van der Waals surface area contributed by atoms with Crippen LogP contribution in [0.2, 0.25) is 15.1 Å². The fourth-order valence-corrected chi connectivity index (χ4v) is 3.82. The maximum absolute atomic E-state index is 12.8. The van der Waals surface area contributed by atoms with Crippen LogP contribution >= 0.6 is 34.8 Å². The van der Waals surface area contributed by atoms with Gasteiger partial charge in [0.05, 0.1) is 22.3 Å². The lowest BCUT2D eigenvalue weighted by Gasteiger charge is -2.17. The van der Waals surface area contributed by atoms with E-state index in [9.17, 15) is 10.1 Å². The summed E-state index contributed by atoms with van der Waals surface area (Å²) in [5, 5.41) is 13.4. The van der Waals surface area contributed by atoms with E-state index in [0.29, 0.717) is 52.4 Å². The first-order chi connectivity index (χ1) is 17.4. The Kier molecular flexibility index (Phi) is 9.84. The molecule has 0 saturated carbocycles. The molecule has 0 aliphatic heterocycles. The number of nitriles is 1. The number of hydrogen-bond donors (Lipinski definition) is 1. The zero-order valence-electron chi connectivity index (χ0n) is 19.5. The highest BCUT2D eigenvalue weighted by Gasteiger charge is 2.16. The van der Waals surface area contributed by atoms with Gasteiger partial charge in [-0.2, -0.15) is 5.26 Å². The number of carbonyl (C=O) groups is 1. The van der Waals surface area contributed by atoms with Gasteiger partial charge in [-0.1, -0.05) is 59.1 Å². The van der Waals surface area contributed by atoms with E-state index in [1.54, 1.807) is 42.5 Å². The molecule has 0 atom stereocenters. The Hall–Kier alpha value is -3.43. The van der Waals surface area contributed by atoms with E-state index >= 15 is 0 Å². The Balaban J connectivity index is 1.94. The van der Waals surface area contributed by atoms with Gasteiger partial charge in [-0.25, -0.2) is 0 Å². The lowest BCUT2D eigenvalue weighted by atomic mass is 10.0. The molecule has 3 aromatic rings. The fraction of sp³-hybridized carbons (Fsp3) is 0.143. The van der Waals surface area contributed by atoms with E-state index in [-0.39, 0.29) is 10.6 Å². The van der Waals surface area contributed by atoms with Crippen LogP contribution in [0.4, 0.5) is 5.69 Å². The molecular weight excluding hydrogens is 519 g/mol. The highest BCUT2D eigenvalue weighted by molar-refractivity contribution is 6.44. The van der Waals surface area contributed by atoms with Gasteiger partial charge in [-0.05, 0) is 66.9 Å². The van der Waals surface area contributed by atoms with Crippen molar-refractivity contribution < 1.29 is 14.3 Å². The molecule has 3 aromatic carbocycles. The molecule has 0 aliphatic carbocycles. The summed E-state index contributed by atoms with van der Waals surface area (Å²) in [6.07, 6.45) is 3.71. The molecule has 8 heteroatoms. The molecule has 36 heavy (non-hydrogen) atoms. The van der Waals surface area contributed by atoms with Crippen LogP contribution in [-0.4, -0.2) is 12.5 Å². The normalized spacial score (nSPS) is 10.9. The van der Waals surface area contributed by atoms with E-state index in [0.717, 1.165) is 11.1 Å². The third-order valence-corrected chi connectivity index (χ3v) is 6.06. The lowest BCUT2D eigenvalue weighted by Crippen LogP contribution is -2.13. The number of amides is 1. The number of benzene rings is 3. The minimum absolute atomic E-state index is 0.118. The molecule has 5 nitrogen and oxygen atoms in total. The van der Waals surface area contributed by atoms with Crippen molar-refractivity contribution in [1.82, 2.24) is 0 Å². The molecule has 184 valence electrons. The van der Waals surface area contributed by atoms with E-state index in [1.807, 2.05) is 31.2 Å². The van der Waals surface area contributed by atoms with Crippen molar-refractivity contribution in [1.29, 1.82) is 5.26 Å². The van der Waals surface area contributed by atoms with Crippen molar-refractivity contribution in [2.24, 2.45) is 0 Å². The quantitative estimate of drug-likeness (QED) is 0.161. The Labute approximate surface area is 225 Å². The number of carbonyl (C=O) groups excluding carboxylic acids is 1. The van der Waals surface area contributed by atoms with Gasteiger partial charge in [-0.3, -0.25) is 4.79 Å². The zero-order chi connectivity index (χ0) is 26.1. The van der Waals surface area contributed by atoms with Crippen LogP contribution in [0.3, 0.4) is 0 Å². The van der Waals surface area contributed by atoms with Crippen LogP contribution in [0.1, 0.15) is 23.6 Å². The van der Waals surface area contributed by atoms with E-state index in [2.05, 4.69) is 11.9 Å². The summed E-state index contributed by atoms with van der Waals surface area (Å²) < 4.78 is 12.0. The number of nitrogens with one attached hydrogen (secondary N) is 1. The third kappa shape index (κ3) is 7.05. The van der Waals surface area contributed by atoms with Gasteiger partial charge in [0.25, 0.3) is 5.91 Å². The second kappa shape index (κ2) is 13.0. The molecular formula is C28H23Cl3N2O3. The minimum atomic E-state index is -0.618. The van der Waals surface area contributed by atoms with Crippen LogP contribution in [-0.2, 0) is 17.8 Å². The highest BCUT2D eigenvalue weighted by Crippen LogP contribution is 2.36. The van der Waals surface area contributed by atoms with Gasteiger partial charge in [0, 0.05) is 10.6 Å². The highest BCUT2D eigenvalue weighted by atomic mass is 35.5. The first kappa shape index (κ1) is 27.2. The maximum Gasteiger partial charge on any atom is 0.266 e. The van der Waals surface area contributed by atoms with Crippen LogP contribution in [0, 0.1) is 11.3 Å². The molecule has 0 radical (unpaired) electrons. The number of ether oxygens (including phenoxy) is 2. The van der Waals surface area contributed by atoms with E-state index in [4.69, 9.17) is 44.3 Å². The topological polar surface area (TPSA) is 71.4 Å². The van der Waals surface area contributed by atoms with Crippen LogP contribution in [0.5, 0.6) is 11.5 Å². The standard InChI is InChI=1S/C28H23Cl3N2O3/c1-3-6-20-13-19(14-21(16-32)28(34)33-24-8-5-7-23(30)26(24)31)15-25(35-4-2)27(20)36-17-18-9-11-22(29)12-10-18/h3,5,7-15H,1,4,6,17H2,2H3,(H,33,34)/b21-14-. The first-order valence-electron chi connectivity index (χ1n) is 11.0. The predicted octanol–water partition coefficient (Wildman–Crippen LogP) is 7.90. The lowest BCUT2D eigenvalue weighted by molar-refractivity contribution is -0.112. The second-order valence-corrected chi connectivity index (χ2v) is 8.80. The number of hydrogen-bond acceptors (Lipinski definition) is 4. The average molecular weight is 542 g/mol. The average Bonchev–Trinajstić information content (AvgIpc) is 2.86. The summed E-state index contributed by atoms with van der Waals surface area (Å²) in [4.78, 5) is 12.8. The first-order valence-corrected chi connectivity index (χ1v) is 12.1. The molecule has 0 aliphatic rings. The number of anilines is 1. The molecule has 0 fully saturated rings. The van der Waals surface area contributed by atoms with Crippen LogP contribution in [0.15, 0.2) is 72.8 Å². The summed E-state index contributed by atoms with van der Waals surface area (Å²) in [7, 11) is 0. The van der Waals surface area contributed by atoms with Crippen molar-refractivity contribution in [2.75, 3.05) is 11.9 Å². The Morgan fingerprint density at radius 1 is 1.11 bits per heavy atom. The molecule has 1 amide bonds. The molecule has 0 aromatic heterocycles. The summed E-state index contributed by atoms with van der Waals surface area (Å²) in [6.45, 7) is 6.40. The Morgan fingerprint density at radius 2 is 1.86 bits per heavy atom.